The Morgan fingerprint density at radius 1 is 0.935 bits per heavy atom. The summed E-state index contributed by atoms with van der Waals surface area (Å²) in [5.41, 5.74) is 3.55. The molecule has 0 unspecified atom stereocenters. The van der Waals surface area contributed by atoms with Gasteiger partial charge in [0.05, 0.1) is 4.90 Å². The lowest BCUT2D eigenvalue weighted by Crippen LogP contribution is -2.25. The van der Waals surface area contributed by atoms with Crippen molar-refractivity contribution in [3.63, 3.8) is 0 Å². The lowest BCUT2D eigenvalue weighted by Gasteiger charge is -2.14. The first-order valence-corrected chi connectivity index (χ1v) is 11.4. The molecule has 0 atom stereocenters. The molecule has 3 aromatic carbocycles. The molecule has 0 aliphatic carbocycles. The van der Waals surface area contributed by atoms with Crippen molar-refractivity contribution in [3.05, 3.63) is 94.5 Å². The van der Waals surface area contributed by atoms with Gasteiger partial charge in [0.1, 0.15) is 12.4 Å². The molecule has 0 heterocycles. The maximum Gasteiger partial charge on any atom is 0.251 e. The van der Waals surface area contributed by atoms with Crippen LogP contribution in [0.1, 0.15) is 32.6 Å². The number of ether oxygens (including phenoxy) is 1. The number of amides is 1. The fourth-order valence-corrected chi connectivity index (χ4v) is 4.24. The van der Waals surface area contributed by atoms with E-state index in [1.807, 2.05) is 54.6 Å². The lowest BCUT2D eigenvalue weighted by atomic mass is 10.0. The molecule has 0 saturated heterocycles. The molecule has 2 N–H and O–H groups in total. The van der Waals surface area contributed by atoms with Gasteiger partial charge in [-0.15, -0.1) is 0 Å². The molecule has 0 aliphatic heterocycles. The van der Waals surface area contributed by atoms with E-state index in [1.165, 1.54) is 13.1 Å². The Bertz CT molecular complexity index is 1180. The van der Waals surface area contributed by atoms with Crippen molar-refractivity contribution >= 4 is 15.9 Å². The Hall–Kier alpha value is -3.16. The largest absolute Gasteiger partial charge is 0.489 e. The lowest BCUT2D eigenvalue weighted by molar-refractivity contribution is 0.0950. The van der Waals surface area contributed by atoms with Crippen LogP contribution >= 0.6 is 0 Å². The fourth-order valence-electron chi connectivity index (χ4n) is 3.17. The molecule has 3 aromatic rings. The van der Waals surface area contributed by atoms with Gasteiger partial charge >= 0.3 is 0 Å². The van der Waals surface area contributed by atoms with E-state index in [1.54, 1.807) is 19.9 Å². The molecule has 0 aliphatic rings. The second-order valence-electron chi connectivity index (χ2n) is 7.18. The molecule has 0 saturated carbocycles. The van der Waals surface area contributed by atoms with Gasteiger partial charge in [-0.3, -0.25) is 4.79 Å². The molecule has 3 rings (SSSR count). The Labute approximate surface area is 183 Å². The van der Waals surface area contributed by atoms with Crippen LogP contribution in [0.4, 0.5) is 0 Å². The van der Waals surface area contributed by atoms with Crippen molar-refractivity contribution in [3.8, 4) is 5.75 Å². The SMILES string of the molecule is CNS(=O)(=O)c1cc(C(=O)NCc2ccccc2COc2ccccc2)cc(C)c1C. The van der Waals surface area contributed by atoms with E-state index in [4.69, 9.17) is 4.74 Å². The van der Waals surface area contributed by atoms with Crippen LogP contribution < -0.4 is 14.8 Å². The van der Waals surface area contributed by atoms with E-state index >= 15 is 0 Å². The maximum atomic E-state index is 12.8. The van der Waals surface area contributed by atoms with Gasteiger partial charge in [0.2, 0.25) is 10.0 Å². The highest BCUT2D eigenvalue weighted by Gasteiger charge is 2.19. The van der Waals surface area contributed by atoms with E-state index in [0.717, 1.165) is 22.4 Å². The Morgan fingerprint density at radius 3 is 2.26 bits per heavy atom. The van der Waals surface area contributed by atoms with E-state index < -0.39 is 10.0 Å². The van der Waals surface area contributed by atoms with Crippen molar-refractivity contribution < 1.29 is 17.9 Å². The summed E-state index contributed by atoms with van der Waals surface area (Å²) in [6.45, 7) is 4.19. The molecule has 0 bridgehead atoms. The van der Waals surface area contributed by atoms with Crippen LogP contribution in [0.2, 0.25) is 0 Å². The van der Waals surface area contributed by atoms with Crippen molar-refractivity contribution in [1.82, 2.24) is 10.0 Å². The predicted molar refractivity (Wildman–Crippen MR) is 121 cm³/mol. The van der Waals surface area contributed by atoms with E-state index in [9.17, 15) is 13.2 Å². The summed E-state index contributed by atoms with van der Waals surface area (Å²) >= 11 is 0. The number of para-hydroxylation sites is 1. The zero-order valence-corrected chi connectivity index (χ0v) is 18.6. The first kappa shape index (κ1) is 22.5. The minimum absolute atomic E-state index is 0.108. The molecule has 0 radical (unpaired) electrons. The highest BCUT2D eigenvalue weighted by atomic mass is 32.2. The summed E-state index contributed by atoms with van der Waals surface area (Å²) in [7, 11) is -2.31. The van der Waals surface area contributed by atoms with Crippen molar-refractivity contribution in [2.24, 2.45) is 0 Å². The number of benzene rings is 3. The van der Waals surface area contributed by atoms with Crippen molar-refractivity contribution in [2.75, 3.05) is 7.05 Å². The summed E-state index contributed by atoms with van der Waals surface area (Å²) in [5, 5.41) is 2.89. The van der Waals surface area contributed by atoms with Crippen LogP contribution in [-0.2, 0) is 23.2 Å². The first-order valence-electron chi connectivity index (χ1n) is 9.89. The van der Waals surface area contributed by atoms with E-state index in [-0.39, 0.29) is 10.8 Å². The summed E-state index contributed by atoms with van der Waals surface area (Å²) in [6.07, 6.45) is 0. The standard InChI is InChI=1S/C24H26N2O4S/c1-17-13-21(14-23(18(17)2)31(28,29)25-3)24(27)26-15-19-9-7-8-10-20(19)16-30-22-11-5-4-6-12-22/h4-14,25H,15-16H2,1-3H3,(H,26,27). The fraction of sp³-hybridized carbons (Fsp3) is 0.208. The van der Waals surface area contributed by atoms with E-state index in [0.29, 0.717) is 24.3 Å². The number of nitrogens with one attached hydrogen (secondary N) is 2. The van der Waals surface area contributed by atoms with Crippen LogP contribution in [0.15, 0.2) is 71.6 Å². The second kappa shape index (κ2) is 9.76. The first-order chi connectivity index (χ1) is 14.8. The summed E-state index contributed by atoms with van der Waals surface area (Å²) in [4.78, 5) is 12.9. The van der Waals surface area contributed by atoms with Gasteiger partial charge < -0.3 is 10.1 Å². The number of aryl methyl sites for hydroxylation is 1. The normalized spacial score (nSPS) is 11.2. The highest BCUT2D eigenvalue weighted by molar-refractivity contribution is 7.89. The smallest absolute Gasteiger partial charge is 0.251 e. The average molecular weight is 439 g/mol. The van der Waals surface area contributed by atoms with Crippen LogP contribution in [0.5, 0.6) is 5.75 Å². The van der Waals surface area contributed by atoms with Gasteiger partial charge in [-0.05, 0) is 67.4 Å². The molecule has 1 amide bonds. The second-order valence-corrected chi connectivity index (χ2v) is 9.03. The molecule has 7 heteroatoms. The topological polar surface area (TPSA) is 84.5 Å². The van der Waals surface area contributed by atoms with Crippen LogP contribution in [-0.4, -0.2) is 21.4 Å². The van der Waals surface area contributed by atoms with Gasteiger partial charge in [0.25, 0.3) is 5.91 Å². The summed E-state index contributed by atoms with van der Waals surface area (Å²) in [5.74, 6) is 0.434. The van der Waals surface area contributed by atoms with Gasteiger partial charge in [0.15, 0.2) is 0 Å². The zero-order valence-electron chi connectivity index (χ0n) is 17.8. The minimum Gasteiger partial charge on any atom is -0.489 e. The maximum absolute atomic E-state index is 12.8. The molecular weight excluding hydrogens is 412 g/mol. The minimum atomic E-state index is -3.66. The summed E-state index contributed by atoms with van der Waals surface area (Å²) in [6, 6.07) is 20.4. The molecule has 31 heavy (non-hydrogen) atoms. The van der Waals surface area contributed by atoms with Crippen LogP contribution in [0, 0.1) is 13.8 Å². The third kappa shape index (κ3) is 5.51. The number of rotatable bonds is 8. The highest BCUT2D eigenvalue weighted by Crippen LogP contribution is 2.21. The molecular formula is C24H26N2O4S. The third-order valence-electron chi connectivity index (χ3n) is 5.14. The average Bonchev–Trinajstić information content (AvgIpc) is 2.78. The van der Waals surface area contributed by atoms with Gasteiger partial charge in [0, 0.05) is 12.1 Å². The van der Waals surface area contributed by atoms with Gasteiger partial charge in [-0.1, -0.05) is 42.5 Å². The molecule has 162 valence electrons. The number of carbonyl (C=O) groups excluding carboxylic acids is 1. The monoisotopic (exact) mass is 438 g/mol. The Morgan fingerprint density at radius 2 is 1.58 bits per heavy atom. The summed E-state index contributed by atoms with van der Waals surface area (Å²) < 4.78 is 32.8. The number of hydrogen-bond donors (Lipinski definition) is 2. The third-order valence-corrected chi connectivity index (χ3v) is 6.68. The molecule has 0 fully saturated rings. The van der Waals surface area contributed by atoms with Gasteiger partial charge in [-0.2, -0.15) is 0 Å². The Balaban J connectivity index is 1.74. The Kier molecular flexibility index (Phi) is 7.09. The number of sulfonamides is 1. The quantitative estimate of drug-likeness (QED) is 0.561. The predicted octanol–water partition coefficient (Wildman–Crippen LogP) is 3.72. The van der Waals surface area contributed by atoms with Crippen LogP contribution in [0.3, 0.4) is 0 Å². The number of hydrogen-bond acceptors (Lipinski definition) is 4. The van der Waals surface area contributed by atoms with E-state index in [2.05, 4.69) is 10.0 Å². The zero-order chi connectivity index (χ0) is 22.4. The number of carbonyl (C=O) groups is 1. The van der Waals surface area contributed by atoms with Crippen molar-refractivity contribution in [2.45, 2.75) is 31.9 Å². The molecule has 0 aromatic heterocycles. The molecule has 6 nitrogen and oxygen atoms in total. The van der Waals surface area contributed by atoms with Crippen LogP contribution in [0.25, 0.3) is 0 Å². The van der Waals surface area contributed by atoms with Gasteiger partial charge in [-0.25, -0.2) is 13.1 Å². The molecule has 0 spiro atoms. The van der Waals surface area contributed by atoms with Crippen molar-refractivity contribution in [1.29, 1.82) is 0 Å².